The molecule has 0 aliphatic heterocycles. The second-order valence-electron chi connectivity index (χ2n) is 1.52. The molecule has 0 aromatic heterocycles. The molecule has 0 unspecified atom stereocenters. The Morgan fingerprint density at radius 1 is 1.10 bits per heavy atom. The Bertz CT molecular complexity index is 102. The molecule has 0 aromatic carbocycles. The predicted molar refractivity (Wildman–Crippen MR) is 45.9 cm³/mol. The average Bonchev–Trinajstić information content (AvgIpc) is 1.93. The molecule has 0 heterocycles. The van der Waals surface area contributed by atoms with E-state index >= 15 is 0 Å². The molecular weight excluding hydrogens is 124 g/mol. The minimum absolute atomic E-state index is 0.176. The maximum absolute atomic E-state index is 10.5. The van der Waals surface area contributed by atoms with Crippen molar-refractivity contribution in [1.82, 2.24) is 0 Å². The molecule has 10 heavy (non-hydrogen) atoms. The van der Waals surface area contributed by atoms with E-state index in [9.17, 15) is 4.79 Å². The molecule has 0 rings (SSSR count). The van der Waals surface area contributed by atoms with Gasteiger partial charge in [-0.2, -0.15) is 0 Å². The van der Waals surface area contributed by atoms with Gasteiger partial charge in [-0.15, -0.1) is 26.3 Å². The lowest BCUT2D eigenvalue weighted by molar-refractivity contribution is -0.117. The van der Waals surface area contributed by atoms with E-state index in [2.05, 4.69) is 26.3 Å². The summed E-state index contributed by atoms with van der Waals surface area (Å²) in [5, 5.41) is 0. The Hall–Kier alpha value is -1.11. The maximum Gasteiger partial charge on any atom is 0.140 e. The normalized spacial score (nSPS) is 6.80. The van der Waals surface area contributed by atoms with E-state index in [1.165, 1.54) is 0 Å². The molecule has 0 aliphatic rings. The molecule has 0 N–H and O–H groups in total. The Balaban J connectivity index is 0. The molecule has 56 valence electrons. The van der Waals surface area contributed by atoms with Gasteiger partial charge in [-0.25, -0.2) is 0 Å². The summed E-state index contributed by atoms with van der Waals surface area (Å²) in [6.07, 6.45) is 4.13. The summed E-state index contributed by atoms with van der Waals surface area (Å²) in [7, 11) is 0. The first-order valence-corrected chi connectivity index (χ1v) is 3.04. The van der Waals surface area contributed by atoms with Crippen molar-refractivity contribution in [1.29, 1.82) is 0 Å². The highest BCUT2D eigenvalue weighted by Gasteiger charge is 1.91. The van der Waals surface area contributed by atoms with Gasteiger partial charge in [0.25, 0.3) is 0 Å². The van der Waals surface area contributed by atoms with Gasteiger partial charge in [-0.05, 0) is 0 Å². The first kappa shape index (κ1) is 11.7. The van der Waals surface area contributed by atoms with Crippen LogP contribution in [-0.4, -0.2) is 5.78 Å². The van der Waals surface area contributed by atoms with Crippen molar-refractivity contribution in [3.8, 4) is 0 Å². The minimum Gasteiger partial charge on any atom is -0.299 e. The van der Waals surface area contributed by atoms with Crippen molar-refractivity contribution in [2.75, 3.05) is 0 Å². The van der Waals surface area contributed by atoms with Crippen LogP contribution in [0.2, 0.25) is 0 Å². The van der Waals surface area contributed by atoms with E-state index < -0.39 is 0 Å². The van der Waals surface area contributed by atoms with Crippen LogP contribution in [0.15, 0.2) is 38.5 Å². The lowest BCUT2D eigenvalue weighted by atomic mass is 10.2. The molecular formula is C9H14O. The summed E-state index contributed by atoms with van der Waals surface area (Å²) < 4.78 is 0. The summed E-state index contributed by atoms with van der Waals surface area (Å²) >= 11 is 0. The summed E-state index contributed by atoms with van der Waals surface area (Å²) in [5.41, 5.74) is 0. The molecule has 0 atom stereocenters. The van der Waals surface area contributed by atoms with Crippen molar-refractivity contribution in [2.24, 2.45) is 0 Å². The number of carbonyl (C=O) groups excluding carboxylic acids is 1. The van der Waals surface area contributed by atoms with Crippen molar-refractivity contribution in [3.05, 3.63) is 38.5 Å². The topological polar surface area (TPSA) is 17.1 Å². The quantitative estimate of drug-likeness (QED) is 0.545. The molecule has 0 aliphatic carbocycles. The largest absolute Gasteiger partial charge is 0.299 e. The van der Waals surface area contributed by atoms with Crippen LogP contribution in [0.5, 0.6) is 0 Å². The van der Waals surface area contributed by atoms with Crippen LogP contribution in [0, 0.1) is 0 Å². The number of ketones is 1. The lowest BCUT2D eigenvalue weighted by Gasteiger charge is -1.85. The zero-order chi connectivity index (χ0) is 8.41. The highest BCUT2D eigenvalue weighted by molar-refractivity contribution is 5.80. The van der Waals surface area contributed by atoms with Gasteiger partial charge in [0.1, 0.15) is 5.78 Å². The fraction of sp³-hybridized carbons (Fsp3) is 0.222. The van der Waals surface area contributed by atoms with Crippen molar-refractivity contribution in [3.63, 3.8) is 0 Å². The smallest absolute Gasteiger partial charge is 0.140 e. The third-order valence-electron chi connectivity index (χ3n) is 0.744. The van der Waals surface area contributed by atoms with Crippen LogP contribution >= 0.6 is 0 Å². The van der Waals surface area contributed by atoms with Gasteiger partial charge in [-0.1, -0.05) is 12.2 Å². The first-order chi connectivity index (χ1) is 4.81. The fourth-order valence-electron chi connectivity index (χ4n) is 0.405. The molecule has 0 amide bonds. The second kappa shape index (κ2) is 10.8. The highest BCUT2D eigenvalue weighted by Crippen LogP contribution is 1.89. The number of hydrogen-bond donors (Lipinski definition) is 0. The lowest BCUT2D eigenvalue weighted by Crippen LogP contribution is -1.90. The molecule has 0 aromatic rings. The van der Waals surface area contributed by atoms with Gasteiger partial charge in [0.2, 0.25) is 0 Å². The third-order valence-corrected chi connectivity index (χ3v) is 0.744. The van der Waals surface area contributed by atoms with Gasteiger partial charge in [0.05, 0.1) is 0 Å². The molecule has 0 fully saturated rings. The second-order valence-corrected chi connectivity index (χ2v) is 1.52. The van der Waals surface area contributed by atoms with E-state index in [-0.39, 0.29) is 5.78 Å². The molecule has 1 nitrogen and oxygen atoms in total. The number of carbonyl (C=O) groups is 1. The van der Waals surface area contributed by atoms with Crippen LogP contribution in [-0.2, 0) is 4.79 Å². The monoisotopic (exact) mass is 138 g/mol. The molecule has 0 saturated heterocycles. The Morgan fingerprint density at radius 3 is 1.60 bits per heavy atom. The number of Topliss-reactive ketones (excluding diaryl/α,β-unsaturated/α-hetero) is 1. The van der Waals surface area contributed by atoms with Crippen LogP contribution in [0.3, 0.4) is 0 Å². The van der Waals surface area contributed by atoms with E-state index in [1.54, 1.807) is 12.2 Å². The molecule has 0 spiro atoms. The van der Waals surface area contributed by atoms with Crippen LogP contribution in [0.25, 0.3) is 0 Å². The van der Waals surface area contributed by atoms with Gasteiger partial charge in [0.15, 0.2) is 0 Å². The summed E-state index contributed by atoms with van der Waals surface area (Å²) in [5.74, 6) is 0.176. The Kier molecular flexibility index (Phi) is 12.6. The molecule has 0 bridgehead atoms. The van der Waals surface area contributed by atoms with E-state index in [0.29, 0.717) is 12.8 Å². The van der Waals surface area contributed by atoms with Gasteiger partial charge in [-0.3, -0.25) is 4.79 Å². The average molecular weight is 138 g/mol. The van der Waals surface area contributed by atoms with E-state index in [0.717, 1.165) is 0 Å². The van der Waals surface area contributed by atoms with Crippen LogP contribution in [0.4, 0.5) is 0 Å². The standard InChI is InChI=1S/C7H10O.C2H4/c1-3-5-7(8)6-4-2;1-2/h3-4H,1-2,5-6H2;1-2H2. The Morgan fingerprint density at radius 2 is 1.40 bits per heavy atom. The number of allylic oxidation sites excluding steroid dienone is 2. The zero-order valence-electron chi connectivity index (χ0n) is 6.31. The predicted octanol–water partition coefficient (Wildman–Crippen LogP) is 2.51. The molecule has 0 radical (unpaired) electrons. The van der Waals surface area contributed by atoms with E-state index in [4.69, 9.17) is 0 Å². The number of hydrogen-bond acceptors (Lipinski definition) is 1. The molecule has 0 saturated carbocycles. The maximum atomic E-state index is 10.5. The minimum atomic E-state index is 0.176. The van der Waals surface area contributed by atoms with Gasteiger partial charge in [0, 0.05) is 12.8 Å². The van der Waals surface area contributed by atoms with Crippen LogP contribution in [0.1, 0.15) is 12.8 Å². The highest BCUT2D eigenvalue weighted by atomic mass is 16.1. The summed E-state index contributed by atoms with van der Waals surface area (Å²) in [6, 6.07) is 0. The SMILES string of the molecule is C=C.C=CCC(=O)CC=C. The third kappa shape index (κ3) is 10.00. The summed E-state index contributed by atoms with van der Waals surface area (Å²) in [4.78, 5) is 10.5. The zero-order valence-corrected chi connectivity index (χ0v) is 6.31. The van der Waals surface area contributed by atoms with Crippen LogP contribution < -0.4 is 0 Å². The molecule has 1 heteroatoms. The van der Waals surface area contributed by atoms with Gasteiger partial charge < -0.3 is 0 Å². The van der Waals surface area contributed by atoms with E-state index in [1.807, 2.05) is 0 Å². The first-order valence-electron chi connectivity index (χ1n) is 3.04. The summed E-state index contributed by atoms with van der Waals surface area (Å²) in [6.45, 7) is 12.9. The Labute approximate surface area is 62.8 Å². The van der Waals surface area contributed by atoms with Crippen molar-refractivity contribution >= 4 is 5.78 Å². The number of rotatable bonds is 4. The fourth-order valence-corrected chi connectivity index (χ4v) is 0.405. The van der Waals surface area contributed by atoms with Gasteiger partial charge >= 0.3 is 0 Å². The van der Waals surface area contributed by atoms with Crippen molar-refractivity contribution < 1.29 is 4.79 Å². The van der Waals surface area contributed by atoms with Crippen molar-refractivity contribution in [2.45, 2.75) is 12.8 Å².